The summed E-state index contributed by atoms with van der Waals surface area (Å²) in [5.74, 6) is -0.155. The van der Waals surface area contributed by atoms with E-state index in [0.717, 1.165) is 0 Å². The van der Waals surface area contributed by atoms with Crippen molar-refractivity contribution in [1.82, 2.24) is 4.90 Å². The van der Waals surface area contributed by atoms with Gasteiger partial charge in [-0.05, 0) is 20.8 Å². The summed E-state index contributed by atoms with van der Waals surface area (Å²) in [5.41, 5.74) is -0.532. The molecule has 16 heavy (non-hydrogen) atoms. The third kappa shape index (κ3) is 3.38. The van der Waals surface area contributed by atoms with Crippen LogP contribution in [0.1, 0.15) is 27.2 Å². The van der Waals surface area contributed by atoms with Crippen LogP contribution in [0.3, 0.4) is 0 Å². The van der Waals surface area contributed by atoms with Crippen molar-refractivity contribution in [2.45, 2.75) is 38.9 Å². The lowest BCUT2D eigenvalue weighted by Crippen LogP contribution is -2.35. The Bertz CT molecular complexity index is 303. The molecule has 2 atom stereocenters. The lowest BCUT2D eigenvalue weighted by Gasteiger charge is -2.24. The number of amides is 1. The van der Waals surface area contributed by atoms with Crippen LogP contribution in [0.4, 0.5) is 4.79 Å². The van der Waals surface area contributed by atoms with Crippen LogP contribution in [0.5, 0.6) is 0 Å². The maximum Gasteiger partial charge on any atom is 0.410 e. The molecule has 0 saturated carbocycles. The number of nitriles is 1. The Balaban J connectivity index is 2.52. The molecule has 1 saturated heterocycles. The van der Waals surface area contributed by atoms with E-state index in [1.807, 2.05) is 6.07 Å². The van der Waals surface area contributed by atoms with Crippen molar-refractivity contribution < 1.29 is 14.6 Å². The SMILES string of the molecule is CC(C)(C)OC(=O)N1CC(O)C(CC#N)C1. The molecule has 1 aliphatic rings. The third-order valence-corrected chi connectivity index (χ3v) is 2.41. The molecule has 1 heterocycles. The summed E-state index contributed by atoms with van der Waals surface area (Å²) in [6, 6.07) is 2.01. The quantitative estimate of drug-likeness (QED) is 0.727. The van der Waals surface area contributed by atoms with Gasteiger partial charge in [-0.15, -0.1) is 0 Å². The molecule has 0 aromatic heterocycles. The molecule has 0 bridgehead atoms. The molecule has 2 unspecified atom stereocenters. The minimum Gasteiger partial charge on any atom is -0.444 e. The number of carbonyl (C=O) groups is 1. The van der Waals surface area contributed by atoms with Crippen molar-refractivity contribution in [1.29, 1.82) is 5.26 Å². The zero-order valence-electron chi connectivity index (χ0n) is 9.93. The Morgan fingerprint density at radius 2 is 2.19 bits per heavy atom. The minimum absolute atomic E-state index is 0.155. The molecule has 0 aromatic rings. The van der Waals surface area contributed by atoms with Crippen LogP contribution in [0.25, 0.3) is 0 Å². The van der Waals surface area contributed by atoms with Crippen LogP contribution in [-0.2, 0) is 4.74 Å². The number of nitrogens with zero attached hydrogens (tertiary/aromatic N) is 2. The molecule has 5 heteroatoms. The summed E-state index contributed by atoms with van der Waals surface area (Å²) in [4.78, 5) is 13.1. The van der Waals surface area contributed by atoms with Gasteiger partial charge in [0.25, 0.3) is 0 Å². The van der Waals surface area contributed by atoms with Gasteiger partial charge >= 0.3 is 6.09 Å². The molecule has 1 rings (SSSR count). The first kappa shape index (κ1) is 12.8. The van der Waals surface area contributed by atoms with Crippen molar-refractivity contribution in [2.24, 2.45) is 5.92 Å². The number of hydrogen-bond donors (Lipinski definition) is 1. The summed E-state index contributed by atoms with van der Waals surface area (Å²) >= 11 is 0. The minimum atomic E-state index is -0.618. The van der Waals surface area contributed by atoms with Gasteiger partial charge in [0.05, 0.1) is 18.7 Å². The molecule has 1 amide bonds. The summed E-state index contributed by atoms with van der Waals surface area (Å²) < 4.78 is 5.19. The molecule has 0 spiro atoms. The lowest BCUT2D eigenvalue weighted by atomic mass is 10.0. The average Bonchev–Trinajstić information content (AvgIpc) is 2.46. The molecule has 0 aromatic carbocycles. The predicted octanol–water partition coefficient (Wildman–Crippen LogP) is 1.13. The standard InChI is InChI=1S/C11H18N2O3/c1-11(2,3)16-10(15)13-6-8(4-5-12)9(14)7-13/h8-9,14H,4,6-7H2,1-3H3. The van der Waals surface area contributed by atoms with Crippen LogP contribution >= 0.6 is 0 Å². The van der Waals surface area contributed by atoms with E-state index in [-0.39, 0.29) is 18.9 Å². The van der Waals surface area contributed by atoms with Gasteiger partial charge in [0.1, 0.15) is 5.60 Å². The number of ether oxygens (including phenoxy) is 1. The Morgan fingerprint density at radius 1 is 1.56 bits per heavy atom. The van der Waals surface area contributed by atoms with Gasteiger partial charge in [-0.2, -0.15) is 5.26 Å². The van der Waals surface area contributed by atoms with Crippen molar-refractivity contribution in [3.63, 3.8) is 0 Å². The molecule has 5 nitrogen and oxygen atoms in total. The highest BCUT2D eigenvalue weighted by atomic mass is 16.6. The molecule has 0 aliphatic carbocycles. The van der Waals surface area contributed by atoms with Gasteiger partial charge in [0.2, 0.25) is 0 Å². The lowest BCUT2D eigenvalue weighted by molar-refractivity contribution is 0.0270. The van der Waals surface area contributed by atoms with E-state index >= 15 is 0 Å². The number of hydrogen-bond acceptors (Lipinski definition) is 4. The average molecular weight is 226 g/mol. The molecule has 1 aliphatic heterocycles. The Labute approximate surface area is 95.6 Å². The van der Waals surface area contributed by atoms with E-state index in [2.05, 4.69) is 0 Å². The highest BCUT2D eigenvalue weighted by Gasteiger charge is 2.35. The first-order valence-electron chi connectivity index (χ1n) is 5.36. The van der Waals surface area contributed by atoms with Crippen LogP contribution in [-0.4, -0.2) is 40.9 Å². The van der Waals surface area contributed by atoms with Crippen LogP contribution in [0, 0.1) is 17.2 Å². The van der Waals surface area contributed by atoms with Gasteiger partial charge in [-0.1, -0.05) is 0 Å². The van der Waals surface area contributed by atoms with Crippen LogP contribution in [0.2, 0.25) is 0 Å². The fourth-order valence-electron chi connectivity index (χ4n) is 1.65. The van der Waals surface area contributed by atoms with Gasteiger partial charge in [0.15, 0.2) is 0 Å². The Hall–Kier alpha value is -1.28. The monoisotopic (exact) mass is 226 g/mol. The topological polar surface area (TPSA) is 73.6 Å². The Morgan fingerprint density at radius 3 is 2.69 bits per heavy atom. The van der Waals surface area contributed by atoms with Gasteiger partial charge in [-0.25, -0.2) is 4.79 Å². The second-order valence-electron chi connectivity index (χ2n) is 5.07. The van der Waals surface area contributed by atoms with Gasteiger partial charge < -0.3 is 14.7 Å². The number of carbonyl (C=O) groups excluding carboxylic acids is 1. The normalized spacial score (nSPS) is 25.3. The van der Waals surface area contributed by atoms with E-state index in [9.17, 15) is 9.90 Å². The Kier molecular flexibility index (Phi) is 3.76. The summed E-state index contributed by atoms with van der Waals surface area (Å²) in [5, 5.41) is 18.2. The highest BCUT2D eigenvalue weighted by molar-refractivity contribution is 5.68. The van der Waals surface area contributed by atoms with Gasteiger partial charge in [-0.3, -0.25) is 0 Å². The molecular formula is C11H18N2O3. The third-order valence-electron chi connectivity index (χ3n) is 2.41. The maximum atomic E-state index is 11.7. The van der Waals surface area contributed by atoms with Crippen molar-refractivity contribution in [3.05, 3.63) is 0 Å². The van der Waals surface area contributed by atoms with E-state index in [0.29, 0.717) is 6.54 Å². The number of β-amino-alcohol motifs (C(OH)–C–C–N with tert-alkyl or cyclic N) is 1. The number of aliphatic hydroxyl groups is 1. The van der Waals surface area contributed by atoms with Gasteiger partial charge in [0, 0.05) is 18.9 Å². The van der Waals surface area contributed by atoms with Crippen molar-refractivity contribution in [2.75, 3.05) is 13.1 Å². The van der Waals surface area contributed by atoms with Crippen LogP contribution < -0.4 is 0 Å². The summed E-state index contributed by atoms with van der Waals surface area (Å²) in [6.07, 6.45) is -0.778. The molecule has 90 valence electrons. The fraction of sp³-hybridized carbons (Fsp3) is 0.818. The van der Waals surface area contributed by atoms with Crippen molar-refractivity contribution in [3.8, 4) is 6.07 Å². The first-order valence-corrected chi connectivity index (χ1v) is 5.36. The largest absolute Gasteiger partial charge is 0.444 e. The first-order chi connectivity index (χ1) is 7.33. The predicted molar refractivity (Wildman–Crippen MR) is 57.5 cm³/mol. The number of rotatable bonds is 1. The molecule has 0 radical (unpaired) electrons. The molecular weight excluding hydrogens is 208 g/mol. The maximum absolute atomic E-state index is 11.7. The molecule has 1 N–H and O–H groups in total. The number of aliphatic hydroxyl groups excluding tert-OH is 1. The second-order valence-corrected chi connectivity index (χ2v) is 5.07. The summed E-state index contributed by atoms with van der Waals surface area (Å²) in [6.45, 7) is 6.03. The zero-order chi connectivity index (χ0) is 12.3. The second kappa shape index (κ2) is 4.71. The number of likely N-dealkylation sites (tertiary alicyclic amines) is 1. The van der Waals surface area contributed by atoms with E-state index in [1.54, 1.807) is 20.8 Å². The highest BCUT2D eigenvalue weighted by Crippen LogP contribution is 2.22. The van der Waals surface area contributed by atoms with Crippen LogP contribution in [0.15, 0.2) is 0 Å². The van der Waals surface area contributed by atoms with Crippen molar-refractivity contribution >= 4 is 6.09 Å². The van der Waals surface area contributed by atoms with E-state index in [4.69, 9.17) is 10.00 Å². The van der Waals surface area contributed by atoms with E-state index < -0.39 is 17.8 Å². The van der Waals surface area contributed by atoms with E-state index in [1.165, 1.54) is 4.90 Å². The smallest absolute Gasteiger partial charge is 0.410 e. The molecule has 1 fully saturated rings. The zero-order valence-corrected chi connectivity index (χ0v) is 9.93. The summed E-state index contributed by atoms with van der Waals surface area (Å²) in [7, 11) is 0. The fourth-order valence-corrected chi connectivity index (χ4v) is 1.65.